The standard InChI is InChI=1S/C17H28N2O3/c1-2-22-16(20)15-9-12-19(13-10-15)17(21)18-11-8-14-6-4-3-5-7-14/h8,11,14-15H,2-7,9-10,12-13H2,1H3,(H,18,21)/b11-8+. The monoisotopic (exact) mass is 308 g/mol. The molecular weight excluding hydrogens is 280 g/mol. The summed E-state index contributed by atoms with van der Waals surface area (Å²) < 4.78 is 5.04. The van der Waals surface area contributed by atoms with Gasteiger partial charge in [0.2, 0.25) is 0 Å². The van der Waals surface area contributed by atoms with Gasteiger partial charge in [-0.05, 0) is 38.5 Å². The zero-order valence-electron chi connectivity index (χ0n) is 13.6. The third-order valence-electron chi connectivity index (χ3n) is 4.63. The van der Waals surface area contributed by atoms with Crippen LogP contribution < -0.4 is 5.32 Å². The van der Waals surface area contributed by atoms with Crippen LogP contribution >= 0.6 is 0 Å². The predicted molar refractivity (Wildman–Crippen MR) is 85.2 cm³/mol. The van der Waals surface area contributed by atoms with Gasteiger partial charge in [-0.1, -0.05) is 25.3 Å². The summed E-state index contributed by atoms with van der Waals surface area (Å²) >= 11 is 0. The molecular formula is C17H28N2O3. The van der Waals surface area contributed by atoms with E-state index >= 15 is 0 Å². The normalized spacial score (nSPS) is 21.0. The summed E-state index contributed by atoms with van der Waals surface area (Å²) in [5.74, 6) is 0.435. The minimum Gasteiger partial charge on any atom is -0.466 e. The molecule has 0 aromatic rings. The second kappa shape index (κ2) is 8.81. The number of urea groups is 1. The van der Waals surface area contributed by atoms with Crippen LogP contribution in [-0.4, -0.2) is 36.6 Å². The van der Waals surface area contributed by atoms with Crippen molar-refractivity contribution in [3.05, 3.63) is 12.3 Å². The van der Waals surface area contributed by atoms with Gasteiger partial charge in [-0.3, -0.25) is 4.79 Å². The Morgan fingerprint density at radius 2 is 1.82 bits per heavy atom. The van der Waals surface area contributed by atoms with Crippen LogP contribution in [0.25, 0.3) is 0 Å². The third-order valence-corrected chi connectivity index (χ3v) is 4.63. The van der Waals surface area contributed by atoms with Gasteiger partial charge >= 0.3 is 12.0 Å². The number of amides is 2. The molecule has 1 aliphatic carbocycles. The Hall–Kier alpha value is -1.52. The van der Waals surface area contributed by atoms with Crippen LogP contribution in [0, 0.1) is 11.8 Å². The van der Waals surface area contributed by atoms with Crippen LogP contribution in [0.4, 0.5) is 4.79 Å². The van der Waals surface area contributed by atoms with E-state index in [0.29, 0.717) is 38.5 Å². The summed E-state index contributed by atoms with van der Waals surface area (Å²) in [6.07, 6.45) is 11.7. The van der Waals surface area contributed by atoms with E-state index in [9.17, 15) is 9.59 Å². The van der Waals surface area contributed by atoms with Gasteiger partial charge in [-0.25, -0.2) is 4.79 Å². The number of carbonyl (C=O) groups is 2. The Morgan fingerprint density at radius 1 is 1.14 bits per heavy atom. The molecule has 0 unspecified atom stereocenters. The van der Waals surface area contributed by atoms with Crippen LogP contribution in [0.3, 0.4) is 0 Å². The van der Waals surface area contributed by atoms with Crippen molar-refractivity contribution in [3.63, 3.8) is 0 Å². The van der Waals surface area contributed by atoms with Gasteiger partial charge in [-0.15, -0.1) is 0 Å². The van der Waals surface area contributed by atoms with Crippen LogP contribution in [-0.2, 0) is 9.53 Å². The fourth-order valence-electron chi connectivity index (χ4n) is 3.25. The SMILES string of the molecule is CCOC(=O)C1CCN(C(=O)N/C=C/C2CCCCC2)CC1. The van der Waals surface area contributed by atoms with Crippen molar-refractivity contribution in [1.29, 1.82) is 0 Å². The highest BCUT2D eigenvalue weighted by Crippen LogP contribution is 2.24. The van der Waals surface area contributed by atoms with Gasteiger partial charge < -0.3 is 15.0 Å². The molecule has 2 amide bonds. The van der Waals surface area contributed by atoms with Crippen molar-refractivity contribution < 1.29 is 14.3 Å². The number of piperidine rings is 1. The number of rotatable bonds is 4. The van der Waals surface area contributed by atoms with Crippen molar-refractivity contribution in [1.82, 2.24) is 10.2 Å². The first-order valence-corrected chi connectivity index (χ1v) is 8.59. The van der Waals surface area contributed by atoms with E-state index in [4.69, 9.17) is 4.74 Å². The molecule has 22 heavy (non-hydrogen) atoms. The topological polar surface area (TPSA) is 58.6 Å². The zero-order valence-corrected chi connectivity index (χ0v) is 13.6. The van der Waals surface area contributed by atoms with Crippen molar-refractivity contribution in [2.24, 2.45) is 11.8 Å². The van der Waals surface area contributed by atoms with E-state index in [0.717, 1.165) is 0 Å². The maximum atomic E-state index is 12.1. The van der Waals surface area contributed by atoms with Crippen molar-refractivity contribution in [3.8, 4) is 0 Å². The molecule has 124 valence electrons. The second-order valence-electron chi connectivity index (χ2n) is 6.22. The first-order chi connectivity index (χ1) is 10.7. The van der Waals surface area contributed by atoms with Gasteiger partial charge in [0.25, 0.3) is 0 Å². The smallest absolute Gasteiger partial charge is 0.321 e. The van der Waals surface area contributed by atoms with E-state index in [1.807, 2.05) is 6.92 Å². The Morgan fingerprint density at radius 3 is 2.45 bits per heavy atom. The van der Waals surface area contributed by atoms with Crippen LogP contribution in [0.1, 0.15) is 51.9 Å². The molecule has 1 heterocycles. The van der Waals surface area contributed by atoms with Crippen LogP contribution in [0.15, 0.2) is 12.3 Å². The summed E-state index contributed by atoms with van der Waals surface area (Å²) in [5, 5.41) is 2.86. The lowest BCUT2D eigenvalue weighted by Crippen LogP contribution is -2.44. The quantitative estimate of drug-likeness (QED) is 0.812. The maximum absolute atomic E-state index is 12.1. The van der Waals surface area contributed by atoms with Gasteiger partial charge in [0.15, 0.2) is 0 Å². The minimum atomic E-state index is -0.125. The first kappa shape index (κ1) is 16.8. The van der Waals surface area contributed by atoms with E-state index in [-0.39, 0.29) is 17.9 Å². The lowest BCUT2D eigenvalue weighted by Gasteiger charge is -2.30. The minimum absolute atomic E-state index is 0.0539. The molecule has 0 atom stereocenters. The van der Waals surface area contributed by atoms with Crippen molar-refractivity contribution >= 4 is 12.0 Å². The predicted octanol–water partition coefficient (Wildman–Crippen LogP) is 3.07. The van der Waals surface area contributed by atoms with Gasteiger partial charge in [0.1, 0.15) is 0 Å². The second-order valence-corrected chi connectivity index (χ2v) is 6.22. The molecule has 0 aromatic heterocycles. The fraction of sp³-hybridized carbons (Fsp3) is 0.765. The highest BCUT2D eigenvalue weighted by Gasteiger charge is 2.27. The average molecular weight is 308 g/mol. The molecule has 0 aromatic carbocycles. The van der Waals surface area contributed by atoms with Gasteiger partial charge in [0.05, 0.1) is 12.5 Å². The first-order valence-electron chi connectivity index (χ1n) is 8.59. The molecule has 0 spiro atoms. The van der Waals surface area contributed by atoms with E-state index in [2.05, 4.69) is 11.4 Å². The Labute approximate surface area is 133 Å². The third kappa shape index (κ3) is 5.04. The summed E-state index contributed by atoms with van der Waals surface area (Å²) in [7, 11) is 0. The zero-order chi connectivity index (χ0) is 15.8. The Bertz CT molecular complexity index is 395. The number of esters is 1. The molecule has 1 saturated heterocycles. The summed E-state index contributed by atoms with van der Waals surface area (Å²) in [6, 6.07) is -0.0608. The van der Waals surface area contributed by atoms with Crippen molar-refractivity contribution in [2.45, 2.75) is 51.9 Å². The van der Waals surface area contributed by atoms with Gasteiger partial charge in [-0.2, -0.15) is 0 Å². The molecule has 1 saturated carbocycles. The number of ether oxygens (including phenoxy) is 1. The number of allylic oxidation sites excluding steroid dienone is 1. The van der Waals surface area contributed by atoms with Crippen LogP contribution in [0.2, 0.25) is 0 Å². The summed E-state index contributed by atoms with van der Waals surface area (Å²) in [6.45, 7) is 3.48. The molecule has 2 aliphatic rings. The lowest BCUT2D eigenvalue weighted by atomic mass is 9.89. The van der Waals surface area contributed by atoms with Crippen LogP contribution in [0.5, 0.6) is 0 Å². The van der Waals surface area contributed by atoms with Crippen molar-refractivity contribution in [2.75, 3.05) is 19.7 Å². The van der Waals surface area contributed by atoms with Gasteiger partial charge in [0, 0.05) is 19.3 Å². The number of hydrogen-bond donors (Lipinski definition) is 1. The molecule has 5 nitrogen and oxygen atoms in total. The largest absolute Gasteiger partial charge is 0.466 e. The van der Waals surface area contributed by atoms with E-state index in [1.54, 1.807) is 11.1 Å². The number of nitrogens with zero attached hydrogens (tertiary/aromatic N) is 1. The highest BCUT2D eigenvalue weighted by molar-refractivity contribution is 5.76. The lowest BCUT2D eigenvalue weighted by molar-refractivity contribution is -0.149. The molecule has 1 aliphatic heterocycles. The Balaban J connectivity index is 1.68. The number of carbonyl (C=O) groups excluding carboxylic acids is 2. The molecule has 0 radical (unpaired) electrons. The van der Waals surface area contributed by atoms with E-state index in [1.165, 1.54) is 32.1 Å². The number of nitrogens with one attached hydrogen (secondary N) is 1. The molecule has 5 heteroatoms. The maximum Gasteiger partial charge on any atom is 0.321 e. The molecule has 2 fully saturated rings. The number of hydrogen-bond acceptors (Lipinski definition) is 3. The molecule has 1 N–H and O–H groups in total. The van der Waals surface area contributed by atoms with E-state index < -0.39 is 0 Å². The highest BCUT2D eigenvalue weighted by atomic mass is 16.5. The summed E-state index contributed by atoms with van der Waals surface area (Å²) in [5.41, 5.74) is 0. The Kier molecular flexibility index (Phi) is 6.74. The fourth-order valence-corrected chi connectivity index (χ4v) is 3.25. The molecule has 2 rings (SSSR count). The molecule has 0 bridgehead atoms. The number of likely N-dealkylation sites (tertiary alicyclic amines) is 1. The average Bonchev–Trinajstić information content (AvgIpc) is 2.56. The summed E-state index contributed by atoms with van der Waals surface area (Å²) in [4.78, 5) is 25.5.